The SMILES string of the molecule is COCCNC(=O)[C@@H]1C[C@@H](O)CN1C1CCN(C(=O)Cc2cccc(OC)c2)CC1. The Morgan fingerprint density at radius 1 is 1.23 bits per heavy atom. The van der Waals surface area contributed by atoms with E-state index in [9.17, 15) is 14.7 Å². The average molecular weight is 420 g/mol. The van der Waals surface area contributed by atoms with Crippen LogP contribution >= 0.6 is 0 Å². The van der Waals surface area contributed by atoms with Crippen molar-refractivity contribution in [3.8, 4) is 5.75 Å². The van der Waals surface area contributed by atoms with Crippen LogP contribution in [0.15, 0.2) is 24.3 Å². The Balaban J connectivity index is 1.52. The number of hydrogen-bond acceptors (Lipinski definition) is 6. The van der Waals surface area contributed by atoms with Gasteiger partial charge in [-0.05, 0) is 37.0 Å². The number of hydrogen-bond donors (Lipinski definition) is 2. The first-order valence-corrected chi connectivity index (χ1v) is 10.6. The summed E-state index contributed by atoms with van der Waals surface area (Å²) >= 11 is 0. The molecule has 0 saturated carbocycles. The van der Waals surface area contributed by atoms with Crippen LogP contribution in [0.4, 0.5) is 0 Å². The summed E-state index contributed by atoms with van der Waals surface area (Å²) in [4.78, 5) is 29.3. The lowest BCUT2D eigenvalue weighted by atomic mass is 10.0. The Morgan fingerprint density at radius 2 is 2.00 bits per heavy atom. The normalized spacial score (nSPS) is 22.8. The molecule has 3 rings (SSSR count). The highest BCUT2D eigenvalue weighted by Gasteiger charge is 2.40. The molecular formula is C22H33N3O5. The third-order valence-corrected chi connectivity index (χ3v) is 6.00. The van der Waals surface area contributed by atoms with Crippen molar-refractivity contribution in [1.82, 2.24) is 15.1 Å². The van der Waals surface area contributed by atoms with Crippen LogP contribution in [0.25, 0.3) is 0 Å². The molecule has 2 amide bonds. The summed E-state index contributed by atoms with van der Waals surface area (Å²) in [5.41, 5.74) is 0.942. The number of carbonyl (C=O) groups excluding carboxylic acids is 2. The molecule has 166 valence electrons. The molecule has 2 heterocycles. The van der Waals surface area contributed by atoms with E-state index in [0.717, 1.165) is 24.2 Å². The smallest absolute Gasteiger partial charge is 0.237 e. The molecule has 1 aromatic rings. The lowest BCUT2D eigenvalue weighted by molar-refractivity contribution is -0.133. The number of amides is 2. The molecule has 2 atom stereocenters. The van der Waals surface area contributed by atoms with Crippen molar-refractivity contribution in [3.05, 3.63) is 29.8 Å². The maximum Gasteiger partial charge on any atom is 0.237 e. The summed E-state index contributed by atoms with van der Waals surface area (Å²) in [6, 6.07) is 7.46. The van der Waals surface area contributed by atoms with E-state index in [4.69, 9.17) is 9.47 Å². The molecular weight excluding hydrogens is 386 g/mol. The van der Waals surface area contributed by atoms with Gasteiger partial charge in [0.25, 0.3) is 0 Å². The number of nitrogens with zero attached hydrogens (tertiary/aromatic N) is 2. The summed E-state index contributed by atoms with van der Waals surface area (Å²) in [6.45, 7) is 2.77. The fourth-order valence-electron chi connectivity index (χ4n) is 4.41. The van der Waals surface area contributed by atoms with E-state index >= 15 is 0 Å². The average Bonchev–Trinajstić information content (AvgIpc) is 3.16. The fraction of sp³-hybridized carbons (Fsp3) is 0.636. The van der Waals surface area contributed by atoms with E-state index in [2.05, 4.69) is 10.2 Å². The number of carbonyl (C=O) groups is 2. The van der Waals surface area contributed by atoms with Gasteiger partial charge in [0, 0.05) is 39.3 Å². The third kappa shape index (κ3) is 5.71. The Labute approximate surface area is 178 Å². The van der Waals surface area contributed by atoms with Crippen molar-refractivity contribution in [1.29, 1.82) is 0 Å². The lowest BCUT2D eigenvalue weighted by Gasteiger charge is -2.39. The maximum absolute atomic E-state index is 12.7. The number of aliphatic hydroxyl groups is 1. The summed E-state index contributed by atoms with van der Waals surface area (Å²) < 4.78 is 10.2. The number of aliphatic hydroxyl groups excluding tert-OH is 1. The van der Waals surface area contributed by atoms with E-state index in [1.54, 1.807) is 14.2 Å². The topological polar surface area (TPSA) is 91.3 Å². The number of nitrogens with one attached hydrogen (secondary N) is 1. The van der Waals surface area contributed by atoms with Crippen LogP contribution in [0.1, 0.15) is 24.8 Å². The number of likely N-dealkylation sites (tertiary alicyclic amines) is 2. The van der Waals surface area contributed by atoms with Gasteiger partial charge in [0.15, 0.2) is 0 Å². The van der Waals surface area contributed by atoms with E-state index in [1.165, 1.54) is 0 Å². The van der Waals surface area contributed by atoms with Gasteiger partial charge in [-0.25, -0.2) is 0 Å². The number of rotatable bonds is 8. The summed E-state index contributed by atoms with van der Waals surface area (Å²) in [6.07, 6.45) is 1.93. The molecule has 0 unspecified atom stereocenters. The van der Waals surface area contributed by atoms with Crippen molar-refractivity contribution in [2.24, 2.45) is 0 Å². The second-order valence-corrected chi connectivity index (χ2v) is 8.03. The third-order valence-electron chi connectivity index (χ3n) is 6.00. The number of methoxy groups -OCH3 is 2. The zero-order valence-corrected chi connectivity index (χ0v) is 17.9. The van der Waals surface area contributed by atoms with E-state index < -0.39 is 6.10 Å². The van der Waals surface area contributed by atoms with Crippen LogP contribution in [-0.4, -0.2) is 91.9 Å². The van der Waals surface area contributed by atoms with Crippen LogP contribution in [0.3, 0.4) is 0 Å². The van der Waals surface area contributed by atoms with Crippen molar-refractivity contribution >= 4 is 11.8 Å². The summed E-state index contributed by atoms with van der Waals surface area (Å²) in [5.74, 6) is 0.804. The van der Waals surface area contributed by atoms with Crippen molar-refractivity contribution in [2.45, 2.75) is 43.9 Å². The maximum atomic E-state index is 12.7. The minimum atomic E-state index is -0.490. The first kappa shape index (κ1) is 22.5. The van der Waals surface area contributed by atoms with Crippen molar-refractivity contribution in [2.75, 3.05) is 47.0 Å². The quantitative estimate of drug-likeness (QED) is 0.594. The summed E-state index contributed by atoms with van der Waals surface area (Å²) in [7, 11) is 3.22. The second kappa shape index (κ2) is 10.7. The highest BCUT2D eigenvalue weighted by molar-refractivity contribution is 5.82. The molecule has 30 heavy (non-hydrogen) atoms. The predicted octanol–water partition coefficient (Wildman–Crippen LogP) is 0.427. The molecule has 0 bridgehead atoms. The van der Waals surface area contributed by atoms with Gasteiger partial charge in [0.1, 0.15) is 5.75 Å². The highest BCUT2D eigenvalue weighted by atomic mass is 16.5. The van der Waals surface area contributed by atoms with Gasteiger partial charge in [-0.3, -0.25) is 14.5 Å². The van der Waals surface area contributed by atoms with E-state index in [1.807, 2.05) is 29.2 Å². The predicted molar refractivity (Wildman–Crippen MR) is 112 cm³/mol. The van der Waals surface area contributed by atoms with Gasteiger partial charge >= 0.3 is 0 Å². The van der Waals surface area contributed by atoms with Crippen molar-refractivity contribution < 1.29 is 24.2 Å². The zero-order chi connectivity index (χ0) is 21.5. The lowest BCUT2D eigenvalue weighted by Crippen LogP contribution is -2.52. The Morgan fingerprint density at radius 3 is 2.70 bits per heavy atom. The van der Waals surface area contributed by atoms with Crippen LogP contribution in [0.5, 0.6) is 5.75 Å². The fourth-order valence-corrected chi connectivity index (χ4v) is 4.41. The molecule has 2 saturated heterocycles. The Bertz CT molecular complexity index is 720. The molecule has 2 N–H and O–H groups in total. The first-order valence-electron chi connectivity index (χ1n) is 10.6. The number of piperidine rings is 1. The van der Waals surface area contributed by atoms with E-state index in [0.29, 0.717) is 45.6 Å². The van der Waals surface area contributed by atoms with Crippen LogP contribution in [-0.2, 0) is 20.7 Å². The minimum absolute atomic E-state index is 0.0554. The molecule has 8 heteroatoms. The van der Waals surface area contributed by atoms with Gasteiger partial charge in [0.05, 0.1) is 32.3 Å². The summed E-state index contributed by atoms with van der Waals surface area (Å²) in [5, 5.41) is 13.0. The highest BCUT2D eigenvalue weighted by Crippen LogP contribution is 2.27. The molecule has 8 nitrogen and oxygen atoms in total. The molecule has 0 aliphatic carbocycles. The number of ether oxygens (including phenoxy) is 2. The Hall–Kier alpha value is -2.16. The first-order chi connectivity index (χ1) is 14.5. The number of β-amino-alcohol motifs (C(OH)–C–C–N with tert-alkyl or cyclic N) is 1. The number of benzene rings is 1. The van der Waals surface area contributed by atoms with Crippen LogP contribution in [0, 0.1) is 0 Å². The molecule has 0 aromatic heterocycles. The molecule has 2 aliphatic rings. The molecule has 0 spiro atoms. The van der Waals surface area contributed by atoms with Gasteiger partial charge in [-0.1, -0.05) is 12.1 Å². The van der Waals surface area contributed by atoms with Crippen molar-refractivity contribution in [3.63, 3.8) is 0 Å². The van der Waals surface area contributed by atoms with Gasteiger partial charge < -0.3 is 24.8 Å². The molecule has 1 aromatic carbocycles. The van der Waals surface area contributed by atoms with Crippen LogP contribution < -0.4 is 10.1 Å². The van der Waals surface area contributed by atoms with Gasteiger partial charge in [-0.15, -0.1) is 0 Å². The zero-order valence-electron chi connectivity index (χ0n) is 17.9. The monoisotopic (exact) mass is 419 g/mol. The van der Waals surface area contributed by atoms with Crippen LogP contribution in [0.2, 0.25) is 0 Å². The van der Waals surface area contributed by atoms with Gasteiger partial charge in [-0.2, -0.15) is 0 Å². The molecule has 2 aliphatic heterocycles. The Kier molecular flexibility index (Phi) is 8.07. The van der Waals surface area contributed by atoms with E-state index in [-0.39, 0.29) is 23.9 Å². The minimum Gasteiger partial charge on any atom is -0.497 e. The molecule has 0 radical (unpaired) electrons. The second-order valence-electron chi connectivity index (χ2n) is 8.03. The molecule has 2 fully saturated rings. The van der Waals surface area contributed by atoms with Gasteiger partial charge in [0.2, 0.25) is 11.8 Å². The standard InChI is InChI=1S/C22H33N3O5/c1-29-11-8-23-22(28)20-14-18(26)15-25(20)17-6-9-24(10-7-17)21(27)13-16-4-3-5-19(12-16)30-2/h3-5,12,17-18,20,26H,6-11,13-15H2,1-2H3,(H,23,28)/t18-,20+/m1/s1. The largest absolute Gasteiger partial charge is 0.497 e.